The zero-order chi connectivity index (χ0) is 17.5. The van der Waals surface area contributed by atoms with Gasteiger partial charge in [-0.05, 0) is 37.0 Å². The SMILES string of the molecule is CCCC1(CC(=O)O)OCCc2c1[nH]c1c(C)ccc(C(N)=O)c21. The van der Waals surface area contributed by atoms with Gasteiger partial charge in [0.25, 0.3) is 0 Å². The van der Waals surface area contributed by atoms with Crippen molar-refractivity contribution in [2.45, 2.75) is 45.1 Å². The van der Waals surface area contributed by atoms with Crippen LogP contribution in [-0.2, 0) is 21.6 Å². The summed E-state index contributed by atoms with van der Waals surface area (Å²) in [6, 6.07) is 3.59. The van der Waals surface area contributed by atoms with Crippen LogP contribution in [0.3, 0.4) is 0 Å². The first kappa shape index (κ1) is 16.5. The second kappa shape index (κ2) is 5.94. The molecule has 2 heterocycles. The van der Waals surface area contributed by atoms with E-state index in [1.807, 2.05) is 19.9 Å². The molecule has 6 nitrogen and oxygen atoms in total. The van der Waals surface area contributed by atoms with Crippen LogP contribution in [0.5, 0.6) is 0 Å². The molecule has 4 N–H and O–H groups in total. The molecule has 2 aromatic rings. The van der Waals surface area contributed by atoms with E-state index in [4.69, 9.17) is 10.5 Å². The average molecular weight is 330 g/mol. The molecule has 128 valence electrons. The summed E-state index contributed by atoms with van der Waals surface area (Å²) >= 11 is 0. The Hall–Kier alpha value is -2.34. The number of carbonyl (C=O) groups excluding carboxylic acids is 1. The maximum Gasteiger partial charge on any atom is 0.306 e. The number of hydrogen-bond donors (Lipinski definition) is 3. The molecule has 0 aliphatic carbocycles. The van der Waals surface area contributed by atoms with Gasteiger partial charge in [-0.2, -0.15) is 0 Å². The Balaban J connectivity index is 2.32. The molecule has 1 aliphatic rings. The predicted molar refractivity (Wildman–Crippen MR) is 90.0 cm³/mol. The minimum absolute atomic E-state index is 0.106. The van der Waals surface area contributed by atoms with Gasteiger partial charge in [-0.15, -0.1) is 0 Å². The van der Waals surface area contributed by atoms with Crippen LogP contribution in [-0.4, -0.2) is 28.6 Å². The van der Waals surface area contributed by atoms with Crippen molar-refractivity contribution in [2.24, 2.45) is 5.73 Å². The standard InChI is InChI=1S/C18H22N2O4/c1-3-7-18(9-13(21)22)16-11(6-8-24-18)14-12(17(19)23)5-4-10(2)15(14)20-16/h4-5,20H,3,6-9H2,1-2H3,(H2,19,23)(H,21,22). The van der Waals surface area contributed by atoms with Gasteiger partial charge in [-0.3, -0.25) is 9.59 Å². The number of aliphatic carboxylic acids is 1. The third-order valence-corrected chi connectivity index (χ3v) is 4.81. The summed E-state index contributed by atoms with van der Waals surface area (Å²) in [5.74, 6) is -1.38. The highest BCUT2D eigenvalue weighted by Crippen LogP contribution is 2.43. The zero-order valence-corrected chi connectivity index (χ0v) is 13.9. The highest BCUT2D eigenvalue weighted by Gasteiger charge is 2.42. The molecule has 1 amide bonds. The van der Waals surface area contributed by atoms with Crippen LogP contribution in [0, 0.1) is 6.92 Å². The fourth-order valence-electron chi connectivity index (χ4n) is 3.84. The van der Waals surface area contributed by atoms with Crippen molar-refractivity contribution in [2.75, 3.05) is 6.61 Å². The van der Waals surface area contributed by atoms with Crippen molar-refractivity contribution in [3.8, 4) is 0 Å². The fraction of sp³-hybridized carbons (Fsp3) is 0.444. The average Bonchev–Trinajstić information content (AvgIpc) is 2.89. The van der Waals surface area contributed by atoms with Crippen molar-refractivity contribution < 1.29 is 19.4 Å². The van der Waals surface area contributed by atoms with Crippen LogP contribution in [0.25, 0.3) is 10.9 Å². The lowest BCUT2D eigenvalue weighted by atomic mass is 9.84. The van der Waals surface area contributed by atoms with Gasteiger partial charge in [0.05, 0.1) is 18.7 Å². The van der Waals surface area contributed by atoms with Gasteiger partial charge in [0.1, 0.15) is 5.60 Å². The Morgan fingerprint density at radius 3 is 2.79 bits per heavy atom. The molecule has 24 heavy (non-hydrogen) atoms. The van der Waals surface area contributed by atoms with Crippen molar-refractivity contribution in [1.29, 1.82) is 0 Å². The monoisotopic (exact) mass is 330 g/mol. The molecule has 0 fully saturated rings. The molecule has 1 unspecified atom stereocenters. The Kier molecular flexibility index (Phi) is 4.09. The molecule has 0 radical (unpaired) electrons. The Morgan fingerprint density at radius 1 is 1.42 bits per heavy atom. The first-order valence-electron chi connectivity index (χ1n) is 8.20. The van der Waals surface area contributed by atoms with E-state index >= 15 is 0 Å². The third-order valence-electron chi connectivity index (χ3n) is 4.81. The van der Waals surface area contributed by atoms with Crippen LogP contribution in [0.4, 0.5) is 0 Å². The number of primary amides is 1. The Labute approximate surface area is 140 Å². The molecule has 0 saturated carbocycles. The number of fused-ring (bicyclic) bond motifs is 3. The minimum atomic E-state index is -0.901. The number of carboxylic acid groups (broad SMARTS) is 1. The van der Waals surface area contributed by atoms with Gasteiger partial charge in [-0.1, -0.05) is 19.4 Å². The Bertz CT molecular complexity index is 824. The van der Waals surface area contributed by atoms with Crippen LogP contribution in [0.1, 0.15) is 53.4 Å². The van der Waals surface area contributed by atoms with Gasteiger partial charge in [0.15, 0.2) is 0 Å². The zero-order valence-electron chi connectivity index (χ0n) is 13.9. The number of H-pyrrole nitrogens is 1. The number of aromatic nitrogens is 1. The summed E-state index contributed by atoms with van der Waals surface area (Å²) in [6.07, 6.45) is 1.92. The van der Waals surface area contributed by atoms with E-state index in [1.54, 1.807) is 6.07 Å². The smallest absolute Gasteiger partial charge is 0.306 e. The molecule has 1 aliphatic heterocycles. The second-order valence-electron chi connectivity index (χ2n) is 6.44. The van der Waals surface area contributed by atoms with Crippen LogP contribution in [0.2, 0.25) is 0 Å². The van der Waals surface area contributed by atoms with E-state index in [1.165, 1.54) is 0 Å². The predicted octanol–water partition coefficient (Wildman–Crippen LogP) is 2.62. The molecular weight excluding hydrogens is 308 g/mol. The van der Waals surface area contributed by atoms with E-state index in [0.29, 0.717) is 25.0 Å². The lowest BCUT2D eigenvalue weighted by Gasteiger charge is -2.36. The van der Waals surface area contributed by atoms with Gasteiger partial charge >= 0.3 is 5.97 Å². The number of aromatic amines is 1. The normalized spacial score (nSPS) is 20.1. The molecule has 0 spiro atoms. The van der Waals surface area contributed by atoms with Crippen LogP contribution >= 0.6 is 0 Å². The van der Waals surface area contributed by atoms with E-state index in [-0.39, 0.29) is 6.42 Å². The molecule has 1 aromatic carbocycles. The summed E-state index contributed by atoms with van der Waals surface area (Å²) in [7, 11) is 0. The largest absolute Gasteiger partial charge is 0.481 e. The molecule has 1 aromatic heterocycles. The topological polar surface area (TPSA) is 105 Å². The van der Waals surface area contributed by atoms with E-state index in [9.17, 15) is 14.7 Å². The lowest BCUT2D eigenvalue weighted by Crippen LogP contribution is -2.37. The minimum Gasteiger partial charge on any atom is -0.481 e. The lowest BCUT2D eigenvalue weighted by molar-refractivity contribution is -0.149. The number of amides is 1. The van der Waals surface area contributed by atoms with Gasteiger partial charge in [0, 0.05) is 16.5 Å². The fourth-order valence-corrected chi connectivity index (χ4v) is 3.84. The Morgan fingerprint density at radius 2 is 2.17 bits per heavy atom. The van der Waals surface area contributed by atoms with E-state index in [0.717, 1.165) is 34.1 Å². The van der Waals surface area contributed by atoms with E-state index < -0.39 is 17.5 Å². The highest BCUT2D eigenvalue weighted by atomic mass is 16.5. The quantitative estimate of drug-likeness (QED) is 0.783. The number of nitrogens with one attached hydrogen (secondary N) is 1. The molecule has 0 saturated heterocycles. The van der Waals surface area contributed by atoms with Gasteiger partial charge < -0.3 is 20.6 Å². The summed E-state index contributed by atoms with van der Waals surface area (Å²) in [4.78, 5) is 26.7. The molecule has 3 rings (SSSR count). The summed E-state index contributed by atoms with van der Waals surface area (Å²) in [6.45, 7) is 4.39. The number of benzene rings is 1. The number of nitrogens with two attached hydrogens (primary N) is 1. The molecular formula is C18H22N2O4. The second-order valence-corrected chi connectivity index (χ2v) is 6.44. The number of aryl methyl sites for hydroxylation is 1. The number of carboxylic acids is 1. The number of carbonyl (C=O) groups is 2. The van der Waals surface area contributed by atoms with Crippen molar-refractivity contribution in [3.63, 3.8) is 0 Å². The maximum absolute atomic E-state index is 11.9. The van der Waals surface area contributed by atoms with Crippen LogP contribution < -0.4 is 5.73 Å². The van der Waals surface area contributed by atoms with Gasteiger partial charge in [-0.25, -0.2) is 0 Å². The number of rotatable bonds is 5. The van der Waals surface area contributed by atoms with Gasteiger partial charge in [0.2, 0.25) is 5.91 Å². The van der Waals surface area contributed by atoms with Crippen LogP contribution in [0.15, 0.2) is 12.1 Å². The van der Waals surface area contributed by atoms with Crippen molar-refractivity contribution in [3.05, 3.63) is 34.5 Å². The van der Waals surface area contributed by atoms with Crippen molar-refractivity contribution >= 4 is 22.8 Å². The highest BCUT2D eigenvalue weighted by molar-refractivity contribution is 6.08. The number of hydrogen-bond acceptors (Lipinski definition) is 3. The summed E-state index contributed by atoms with van der Waals surface area (Å²) < 4.78 is 5.98. The number of ether oxygens (including phenoxy) is 1. The van der Waals surface area contributed by atoms with Crippen molar-refractivity contribution in [1.82, 2.24) is 4.98 Å². The first-order chi connectivity index (χ1) is 11.4. The molecule has 0 bridgehead atoms. The third kappa shape index (κ3) is 2.47. The summed E-state index contributed by atoms with van der Waals surface area (Å²) in [5.41, 5.74) is 8.71. The van der Waals surface area contributed by atoms with E-state index in [2.05, 4.69) is 4.98 Å². The first-order valence-corrected chi connectivity index (χ1v) is 8.20. The molecule has 1 atom stereocenters. The molecule has 6 heteroatoms. The maximum atomic E-state index is 11.9. The summed E-state index contributed by atoms with van der Waals surface area (Å²) in [5, 5.41) is 10.2.